The molecule has 19 heavy (non-hydrogen) atoms. The maximum absolute atomic E-state index is 13.8. The third kappa shape index (κ3) is 3.91. The minimum Gasteiger partial charge on any atom is -0.317 e. The summed E-state index contributed by atoms with van der Waals surface area (Å²) in [6, 6.07) is 6.14. The van der Waals surface area contributed by atoms with Crippen molar-refractivity contribution < 1.29 is 4.39 Å². The van der Waals surface area contributed by atoms with Crippen LogP contribution in [0.5, 0.6) is 0 Å². The van der Waals surface area contributed by atoms with E-state index in [4.69, 9.17) is 11.6 Å². The van der Waals surface area contributed by atoms with Crippen LogP contribution in [0.15, 0.2) is 18.2 Å². The molecule has 0 atom stereocenters. The number of benzene rings is 1. The van der Waals surface area contributed by atoms with E-state index in [9.17, 15) is 4.39 Å². The van der Waals surface area contributed by atoms with Crippen LogP contribution in [0.3, 0.4) is 0 Å². The zero-order valence-corrected chi connectivity index (χ0v) is 12.4. The van der Waals surface area contributed by atoms with Gasteiger partial charge in [-0.1, -0.05) is 17.7 Å². The molecular formula is C15H22ClFN2. The van der Waals surface area contributed by atoms with Gasteiger partial charge in [0, 0.05) is 29.2 Å². The molecule has 4 heteroatoms. The van der Waals surface area contributed by atoms with E-state index in [2.05, 4.69) is 17.3 Å². The first-order valence-electron chi connectivity index (χ1n) is 6.91. The Labute approximate surface area is 119 Å². The van der Waals surface area contributed by atoms with E-state index in [0.29, 0.717) is 23.7 Å². The van der Waals surface area contributed by atoms with Gasteiger partial charge in [0.15, 0.2) is 0 Å². The van der Waals surface area contributed by atoms with Crippen molar-refractivity contribution in [2.24, 2.45) is 0 Å². The average Bonchev–Trinajstić information content (AvgIpc) is 2.42. The van der Waals surface area contributed by atoms with Crippen LogP contribution in [-0.2, 0) is 6.54 Å². The second-order valence-electron chi connectivity index (χ2n) is 5.44. The summed E-state index contributed by atoms with van der Waals surface area (Å²) in [5, 5.41) is 3.79. The lowest BCUT2D eigenvalue weighted by Crippen LogP contribution is -2.39. The average molecular weight is 285 g/mol. The summed E-state index contributed by atoms with van der Waals surface area (Å²) in [6.07, 6.45) is 4.76. The Bertz CT molecular complexity index is 417. The minimum atomic E-state index is -0.205. The van der Waals surface area contributed by atoms with Gasteiger partial charge in [-0.25, -0.2) is 4.39 Å². The molecule has 2 nitrogen and oxygen atoms in total. The molecule has 0 saturated heterocycles. The molecule has 1 aliphatic rings. The smallest absolute Gasteiger partial charge is 0.129 e. The topological polar surface area (TPSA) is 15.3 Å². The van der Waals surface area contributed by atoms with Gasteiger partial charge in [-0.05, 0) is 51.9 Å². The van der Waals surface area contributed by atoms with Crippen molar-refractivity contribution in [3.05, 3.63) is 34.6 Å². The first-order valence-corrected chi connectivity index (χ1v) is 7.29. The summed E-state index contributed by atoms with van der Waals surface area (Å²) in [5.41, 5.74) is 0.725. The van der Waals surface area contributed by atoms with Crippen LogP contribution in [-0.4, -0.2) is 31.1 Å². The number of hydrogen-bond acceptors (Lipinski definition) is 2. The lowest BCUT2D eigenvalue weighted by atomic mass is 9.90. The number of rotatable bonds is 4. The highest BCUT2D eigenvalue weighted by Crippen LogP contribution is 2.24. The van der Waals surface area contributed by atoms with Gasteiger partial charge in [0.2, 0.25) is 0 Å². The van der Waals surface area contributed by atoms with Crippen LogP contribution in [0.4, 0.5) is 4.39 Å². The van der Waals surface area contributed by atoms with E-state index in [-0.39, 0.29) is 5.82 Å². The van der Waals surface area contributed by atoms with Crippen molar-refractivity contribution in [3.63, 3.8) is 0 Å². The molecule has 0 spiro atoms. The maximum atomic E-state index is 13.8. The minimum absolute atomic E-state index is 0.205. The maximum Gasteiger partial charge on any atom is 0.129 e. The van der Waals surface area contributed by atoms with Crippen molar-refractivity contribution in [2.75, 3.05) is 14.1 Å². The molecule has 1 saturated carbocycles. The first-order chi connectivity index (χ1) is 9.10. The summed E-state index contributed by atoms with van der Waals surface area (Å²) in [5.74, 6) is -0.205. The Morgan fingerprint density at radius 2 is 2.00 bits per heavy atom. The van der Waals surface area contributed by atoms with E-state index in [0.717, 1.165) is 5.56 Å². The Hall–Kier alpha value is -0.640. The highest BCUT2D eigenvalue weighted by Gasteiger charge is 2.23. The third-order valence-corrected chi connectivity index (χ3v) is 4.40. The van der Waals surface area contributed by atoms with Crippen LogP contribution in [0, 0.1) is 5.82 Å². The normalized spacial score (nSPS) is 23.8. The molecule has 0 unspecified atom stereocenters. The molecule has 0 bridgehead atoms. The summed E-state index contributed by atoms with van der Waals surface area (Å²) in [4.78, 5) is 2.26. The van der Waals surface area contributed by atoms with E-state index < -0.39 is 0 Å². The predicted octanol–water partition coefficient (Wildman–Crippen LogP) is 3.44. The van der Waals surface area contributed by atoms with Gasteiger partial charge in [-0.2, -0.15) is 0 Å². The standard InChI is InChI=1S/C15H22ClFN2/c1-18-13-5-7-14(8-6-13)19(2)10-11-3-4-12(16)9-15(11)17/h3-4,9,13-14,18H,5-8,10H2,1-2H3. The largest absolute Gasteiger partial charge is 0.317 e. The molecule has 1 aliphatic carbocycles. The zero-order chi connectivity index (χ0) is 13.8. The van der Waals surface area contributed by atoms with Crippen LogP contribution >= 0.6 is 11.6 Å². The predicted molar refractivity (Wildman–Crippen MR) is 78.0 cm³/mol. The van der Waals surface area contributed by atoms with Crippen LogP contribution in [0.2, 0.25) is 5.02 Å². The summed E-state index contributed by atoms with van der Waals surface area (Å²) in [6.45, 7) is 0.651. The van der Waals surface area contributed by atoms with Gasteiger partial charge in [0.25, 0.3) is 0 Å². The molecule has 2 rings (SSSR count). The monoisotopic (exact) mass is 284 g/mol. The number of nitrogens with zero attached hydrogens (tertiary/aromatic N) is 1. The molecule has 106 valence electrons. The fraction of sp³-hybridized carbons (Fsp3) is 0.600. The Balaban J connectivity index is 1.92. The molecule has 1 aromatic carbocycles. The molecule has 1 aromatic rings. The van der Waals surface area contributed by atoms with Gasteiger partial charge < -0.3 is 5.32 Å². The van der Waals surface area contributed by atoms with Gasteiger partial charge in [-0.3, -0.25) is 4.90 Å². The highest BCUT2D eigenvalue weighted by molar-refractivity contribution is 6.30. The Morgan fingerprint density at radius 3 is 2.58 bits per heavy atom. The van der Waals surface area contributed by atoms with Crippen molar-refractivity contribution in [2.45, 2.75) is 44.3 Å². The molecule has 0 radical (unpaired) electrons. The van der Waals surface area contributed by atoms with Gasteiger partial charge in [0.1, 0.15) is 5.82 Å². The molecule has 0 aliphatic heterocycles. The van der Waals surface area contributed by atoms with Crippen LogP contribution in [0.1, 0.15) is 31.2 Å². The number of nitrogens with one attached hydrogen (secondary N) is 1. The first kappa shape index (κ1) is 14.8. The molecule has 0 heterocycles. The Kier molecular flexibility index (Phi) is 5.20. The van der Waals surface area contributed by atoms with Crippen LogP contribution in [0.25, 0.3) is 0 Å². The second kappa shape index (κ2) is 6.69. The van der Waals surface area contributed by atoms with Gasteiger partial charge >= 0.3 is 0 Å². The molecular weight excluding hydrogens is 263 g/mol. The SMILES string of the molecule is CNC1CCC(N(C)Cc2ccc(Cl)cc2F)CC1. The van der Waals surface area contributed by atoms with Gasteiger partial charge in [0.05, 0.1) is 0 Å². The molecule has 0 amide bonds. The summed E-state index contributed by atoms with van der Waals surface area (Å²) < 4.78 is 13.8. The lowest BCUT2D eigenvalue weighted by Gasteiger charge is -2.34. The van der Waals surface area contributed by atoms with E-state index in [1.54, 1.807) is 12.1 Å². The summed E-state index contributed by atoms with van der Waals surface area (Å²) in [7, 11) is 4.11. The van der Waals surface area contributed by atoms with Gasteiger partial charge in [-0.15, -0.1) is 0 Å². The van der Waals surface area contributed by atoms with Crippen molar-refractivity contribution in [1.29, 1.82) is 0 Å². The molecule has 1 N–H and O–H groups in total. The summed E-state index contributed by atoms with van der Waals surface area (Å²) >= 11 is 5.77. The Morgan fingerprint density at radius 1 is 1.32 bits per heavy atom. The van der Waals surface area contributed by atoms with Crippen molar-refractivity contribution in [3.8, 4) is 0 Å². The van der Waals surface area contributed by atoms with Crippen LogP contribution < -0.4 is 5.32 Å². The number of hydrogen-bond donors (Lipinski definition) is 1. The van der Waals surface area contributed by atoms with E-state index in [1.165, 1.54) is 31.7 Å². The van der Waals surface area contributed by atoms with Crippen molar-refractivity contribution >= 4 is 11.6 Å². The quantitative estimate of drug-likeness (QED) is 0.911. The zero-order valence-electron chi connectivity index (χ0n) is 11.6. The third-order valence-electron chi connectivity index (χ3n) is 4.16. The number of halogens is 2. The fourth-order valence-corrected chi connectivity index (χ4v) is 3.01. The second-order valence-corrected chi connectivity index (χ2v) is 5.88. The molecule has 1 fully saturated rings. The van der Waals surface area contributed by atoms with Crippen molar-refractivity contribution in [1.82, 2.24) is 10.2 Å². The van der Waals surface area contributed by atoms with E-state index in [1.807, 2.05) is 7.05 Å². The molecule has 0 aromatic heterocycles. The lowest BCUT2D eigenvalue weighted by molar-refractivity contribution is 0.168. The van der Waals surface area contributed by atoms with E-state index >= 15 is 0 Å². The fourth-order valence-electron chi connectivity index (χ4n) is 2.85. The highest BCUT2D eigenvalue weighted by atomic mass is 35.5.